The predicted octanol–water partition coefficient (Wildman–Crippen LogP) is 3.05. The van der Waals surface area contributed by atoms with E-state index < -0.39 is 5.97 Å². The van der Waals surface area contributed by atoms with Crippen molar-refractivity contribution in [1.29, 1.82) is 0 Å². The van der Waals surface area contributed by atoms with Crippen molar-refractivity contribution in [1.82, 2.24) is 0 Å². The number of aromatic carboxylic acids is 1. The molecule has 0 radical (unpaired) electrons. The van der Waals surface area contributed by atoms with Crippen molar-refractivity contribution in [3.8, 4) is 0 Å². The van der Waals surface area contributed by atoms with Crippen LogP contribution in [0.3, 0.4) is 0 Å². The zero-order valence-electron chi connectivity index (χ0n) is 12.0. The smallest absolute Gasteiger partial charge is 0.335 e. The zero-order valence-corrected chi connectivity index (χ0v) is 12.0. The molecule has 1 aliphatic rings. The number of carboxylic acids is 1. The van der Waals surface area contributed by atoms with Crippen molar-refractivity contribution in [2.45, 2.75) is 39.0 Å². The van der Waals surface area contributed by atoms with Crippen LogP contribution in [-0.2, 0) is 0 Å². The van der Waals surface area contributed by atoms with E-state index in [9.17, 15) is 9.90 Å². The topological polar surface area (TPSA) is 69.6 Å². The molecule has 4 heteroatoms. The lowest BCUT2D eigenvalue weighted by molar-refractivity contribution is 0.0697. The summed E-state index contributed by atoms with van der Waals surface area (Å²) in [6.07, 6.45) is 5.64. The Morgan fingerprint density at radius 3 is 2.60 bits per heavy atom. The molecule has 0 spiro atoms. The molecule has 1 aliphatic carbocycles. The third-order valence-electron chi connectivity index (χ3n) is 4.39. The van der Waals surface area contributed by atoms with Gasteiger partial charge in [-0.05, 0) is 37.5 Å². The summed E-state index contributed by atoms with van der Waals surface area (Å²) in [5.74, 6) is -0.914. The second kappa shape index (κ2) is 6.27. The van der Waals surface area contributed by atoms with Gasteiger partial charge in [0.1, 0.15) is 0 Å². The maximum atomic E-state index is 11.0. The first-order valence-corrected chi connectivity index (χ1v) is 7.25. The van der Waals surface area contributed by atoms with Crippen LogP contribution < -0.4 is 5.32 Å². The number of nitrogens with one attached hydrogen (secondary N) is 1. The number of benzene rings is 1. The predicted molar refractivity (Wildman–Crippen MR) is 79.2 cm³/mol. The Labute approximate surface area is 119 Å². The SMILES string of the molecule is Cc1ccc(C(=O)O)cc1NCC1(CO)CCCCC1. The summed E-state index contributed by atoms with van der Waals surface area (Å²) in [6.45, 7) is 2.85. The summed E-state index contributed by atoms with van der Waals surface area (Å²) >= 11 is 0. The van der Waals surface area contributed by atoms with Gasteiger partial charge >= 0.3 is 5.97 Å². The first-order chi connectivity index (χ1) is 9.56. The van der Waals surface area contributed by atoms with Crippen molar-refractivity contribution in [2.75, 3.05) is 18.5 Å². The van der Waals surface area contributed by atoms with Crippen molar-refractivity contribution >= 4 is 11.7 Å². The Hall–Kier alpha value is -1.55. The molecule has 110 valence electrons. The summed E-state index contributed by atoms with van der Waals surface area (Å²) in [6, 6.07) is 5.11. The minimum absolute atomic E-state index is 0.0517. The lowest BCUT2D eigenvalue weighted by Crippen LogP contribution is -2.35. The summed E-state index contributed by atoms with van der Waals surface area (Å²) in [5.41, 5.74) is 2.12. The first-order valence-electron chi connectivity index (χ1n) is 7.25. The standard InChI is InChI=1S/C16H23NO3/c1-12-5-6-13(15(19)20)9-14(12)17-10-16(11-18)7-3-2-4-8-16/h5-6,9,17-18H,2-4,7-8,10-11H2,1H3,(H,19,20). The van der Waals surface area contributed by atoms with Crippen LogP contribution in [0.25, 0.3) is 0 Å². The van der Waals surface area contributed by atoms with Crippen LogP contribution in [0.2, 0.25) is 0 Å². The molecule has 20 heavy (non-hydrogen) atoms. The lowest BCUT2D eigenvalue weighted by atomic mass is 9.74. The minimum Gasteiger partial charge on any atom is -0.478 e. The largest absolute Gasteiger partial charge is 0.478 e. The van der Waals surface area contributed by atoms with E-state index in [-0.39, 0.29) is 12.0 Å². The number of anilines is 1. The summed E-state index contributed by atoms with van der Waals surface area (Å²) < 4.78 is 0. The van der Waals surface area contributed by atoms with Crippen molar-refractivity contribution in [3.05, 3.63) is 29.3 Å². The Morgan fingerprint density at radius 1 is 1.30 bits per heavy atom. The Morgan fingerprint density at radius 2 is 2.00 bits per heavy atom. The van der Waals surface area contributed by atoms with Gasteiger partial charge in [-0.3, -0.25) is 0 Å². The van der Waals surface area contributed by atoms with Crippen molar-refractivity contribution < 1.29 is 15.0 Å². The number of carboxylic acid groups (broad SMARTS) is 1. The molecule has 0 unspecified atom stereocenters. The van der Waals surface area contributed by atoms with Crippen LogP contribution in [0, 0.1) is 12.3 Å². The van der Waals surface area contributed by atoms with Gasteiger partial charge in [-0.1, -0.05) is 25.3 Å². The van der Waals surface area contributed by atoms with E-state index in [1.165, 1.54) is 6.42 Å². The van der Waals surface area contributed by atoms with E-state index in [0.717, 1.165) is 36.9 Å². The fourth-order valence-electron chi connectivity index (χ4n) is 2.92. The maximum absolute atomic E-state index is 11.0. The van der Waals surface area contributed by atoms with E-state index in [2.05, 4.69) is 5.32 Å². The number of carbonyl (C=O) groups is 1. The molecule has 1 aromatic rings. The average molecular weight is 277 g/mol. The fourth-order valence-corrected chi connectivity index (χ4v) is 2.92. The van der Waals surface area contributed by atoms with Gasteiger partial charge in [0.05, 0.1) is 12.2 Å². The van der Waals surface area contributed by atoms with Crippen LogP contribution in [0.4, 0.5) is 5.69 Å². The van der Waals surface area contributed by atoms with E-state index in [0.29, 0.717) is 12.1 Å². The van der Waals surface area contributed by atoms with Crippen molar-refractivity contribution in [3.63, 3.8) is 0 Å². The van der Waals surface area contributed by atoms with Gasteiger partial charge in [0, 0.05) is 17.6 Å². The van der Waals surface area contributed by atoms with E-state index in [1.54, 1.807) is 12.1 Å². The molecule has 1 fully saturated rings. The maximum Gasteiger partial charge on any atom is 0.335 e. The lowest BCUT2D eigenvalue weighted by Gasteiger charge is -2.36. The van der Waals surface area contributed by atoms with Gasteiger partial charge in [-0.15, -0.1) is 0 Å². The molecule has 4 nitrogen and oxygen atoms in total. The molecular formula is C16H23NO3. The molecule has 2 rings (SSSR count). The third kappa shape index (κ3) is 3.31. The normalized spacial score (nSPS) is 17.7. The number of aryl methyl sites for hydroxylation is 1. The molecule has 0 aliphatic heterocycles. The van der Waals surface area contributed by atoms with Crippen LogP contribution in [0.1, 0.15) is 48.0 Å². The quantitative estimate of drug-likeness (QED) is 0.773. The molecule has 3 N–H and O–H groups in total. The van der Waals surface area contributed by atoms with Gasteiger partial charge in [-0.2, -0.15) is 0 Å². The van der Waals surface area contributed by atoms with Crippen LogP contribution in [0.5, 0.6) is 0 Å². The third-order valence-corrected chi connectivity index (χ3v) is 4.39. The molecule has 0 bridgehead atoms. The Bertz CT molecular complexity index is 479. The molecule has 1 saturated carbocycles. The van der Waals surface area contributed by atoms with Crippen LogP contribution >= 0.6 is 0 Å². The summed E-state index contributed by atoms with van der Waals surface area (Å²) in [7, 11) is 0. The molecule has 0 amide bonds. The molecule has 0 saturated heterocycles. The number of aliphatic hydroxyl groups excluding tert-OH is 1. The highest BCUT2D eigenvalue weighted by Gasteiger charge is 2.31. The fraction of sp³-hybridized carbons (Fsp3) is 0.562. The zero-order chi connectivity index (χ0) is 14.6. The van der Waals surface area contributed by atoms with Crippen LogP contribution in [0.15, 0.2) is 18.2 Å². The number of rotatable bonds is 5. The highest BCUT2D eigenvalue weighted by Crippen LogP contribution is 2.36. The minimum atomic E-state index is -0.914. The Kier molecular flexibility index (Phi) is 4.65. The molecule has 0 atom stereocenters. The van der Waals surface area contributed by atoms with E-state index in [4.69, 9.17) is 5.11 Å². The summed E-state index contributed by atoms with van der Waals surface area (Å²) in [4.78, 5) is 11.0. The van der Waals surface area contributed by atoms with Gasteiger partial charge < -0.3 is 15.5 Å². The Balaban J connectivity index is 2.09. The summed E-state index contributed by atoms with van der Waals surface area (Å²) in [5, 5.41) is 22.1. The molecule has 0 aromatic heterocycles. The van der Waals surface area contributed by atoms with E-state index >= 15 is 0 Å². The number of aliphatic hydroxyl groups is 1. The molecule has 0 heterocycles. The highest BCUT2D eigenvalue weighted by atomic mass is 16.4. The number of hydrogen-bond donors (Lipinski definition) is 3. The molecular weight excluding hydrogens is 254 g/mol. The van der Waals surface area contributed by atoms with Gasteiger partial charge in [0.25, 0.3) is 0 Å². The van der Waals surface area contributed by atoms with Crippen LogP contribution in [-0.4, -0.2) is 29.3 Å². The van der Waals surface area contributed by atoms with Crippen molar-refractivity contribution in [2.24, 2.45) is 5.41 Å². The van der Waals surface area contributed by atoms with Gasteiger partial charge in [-0.25, -0.2) is 4.79 Å². The second-order valence-electron chi connectivity index (χ2n) is 5.91. The van der Waals surface area contributed by atoms with Gasteiger partial charge in [0.2, 0.25) is 0 Å². The highest BCUT2D eigenvalue weighted by molar-refractivity contribution is 5.89. The van der Waals surface area contributed by atoms with E-state index in [1.807, 2.05) is 13.0 Å². The monoisotopic (exact) mass is 277 g/mol. The second-order valence-corrected chi connectivity index (χ2v) is 5.91. The average Bonchev–Trinajstić information content (AvgIpc) is 2.47. The number of hydrogen-bond acceptors (Lipinski definition) is 3. The molecule has 1 aromatic carbocycles. The van der Waals surface area contributed by atoms with Gasteiger partial charge in [0.15, 0.2) is 0 Å². The first kappa shape index (κ1) is 14.9.